The van der Waals surface area contributed by atoms with Gasteiger partial charge in [-0.3, -0.25) is 0 Å². The van der Waals surface area contributed by atoms with E-state index in [1.807, 2.05) is 53.8 Å². The van der Waals surface area contributed by atoms with Crippen LogP contribution in [-0.2, 0) is 0 Å². The van der Waals surface area contributed by atoms with Crippen LogP contribution in [0.15, 0.2) is 168 Å². The minimum atomic E-state index is 0.601. The molecule has 0 saturated heterocycles. The van der Waals surface area contributed by atoms with Crippen molar-refractivity contribution in [3.63, 3.8) is 0 Å². The minimum absolute atomic E-state index is 0.601. The largest absolute Gasteiger partial charge is 0.456 e. The standard InChI is InChI=1S/C45H27N3OS/c1-4-11-28(12-5-1)31-21-24-39-38(25-31)35-22-19-32(26-40(35)49-39)44-46-43(30-15-8-3-9-16-30)47-45(48-44)33-20-23-36-37-18-10-17-34(29-13-6-2-7-14-29)42(37)50-41(36)27-33/h1-27H. The maximum Gasteiger partial charge on any atom is 0.164 e. The van der Waals surface area contributed by atoms with Gasteiger partial charge in [0.1, 0.15) is 11.2 Å². The van der Waals surface area contributed by atoms with Crippen LogP contribution in [0.3, 0.4) is 0 Å². The fraction of sp³-hybridized carbons (Fsp3) is 0. The van der Waals surface area contributed by atoms with Crippen LogP contribution in [0.5, 0.6) is 0 Å². The molecule has 0 saturated carbocycles. The van der Waals surface area contributed by atoms with E-state index < -0.39 is 0 Å². The van der Waals surface area contributed by atoms with Crippen molar-refractivity contribution in [3.8, 4) is 56.4 Å². The lowest BCUT2D eigenvalue weighted by atomic mass is 10.0. The molecule has 10 aromatic rings. The molecule has 0 fully saturated rings. The van der Waals surface area contributed by atoms with Crippen molar-refractivity contribution in [2.24, 2.45) is 0 Å². The maximum atomic E-state index is 6.38. The molecule has 0 aliphatic heterocycles. The molecule has 10 rings (SSSR count). The van der Waals surface area contributed by atoms with Gasteiger partial charge in [-0.15, -0.1) is 11.3 Å². The van der Waals surface area contributed by atoms with Crippen LogP contribution in [0.2, 0.25) is 0 Å². The number of furan rings is 1. The second-order valence-electron chi connectivity index (χ2n) is 12.4. The fourth-order valence-electron chi connectivity index (χ4n) is 6.86. The summed E-state index contributed by atoms with van der Waals surface area (Å²) in [5.41, 5.74) is 9.21. The quantitative estimate of drug-likeness (QED) is 0.185. The highest BCUT2D eigenvalue weighted by atomic mass is 32.1. The summed E-state index contributed by atoms with van der Waals surface area (Å²) in [6, 6.07) is 56.9. The van der Waals surface area contributed by atoms with Gasteiger partial charge in [-0.2, -0.15) is 0 Å². The van der Waals surface area contributed by atoms with Gasteiger partial charge >= 0.3 is 0 Å². The molecule has 3 aromatic heterocycles. The molecule has 7 aromatic carbocycles. The predicted octanol–water partition coefficient (Wildman–Crippen LogP) is 12.5. The maximum absolute atomic E-state index is 6.38. The molecular weight excluding hydrogens is 631 g/mol. The lowest BCUT2D eigenvalue weighted by Crippen LogP contribution is -2.00. The van der Waals surface area contributed by atoms with E-state index in [2.05, 4.69) is 121 Å². The average molecular weight is 658 g/mol. The first kappa shape index (κ1) is 28.6. The highest BCUT2D eigenvalue weighted by Crippen LogP contribution is 2.41. The Bertz CT molecular complexity index is 2860. The van der Waals surface area contributed by atoms with Gasteiger partial charge in [0, 0.05) is 47.6 Å². The summed E-state index contributed by atoms with van der Waals surface area (Å²) in [7, 11) is 0. The molecule has 0 bridgehead atoms. The van der Waals surface area contributed by atoms with Crippen molar-refractivity contribution in [1.29, 1.82) is 0 Å². The van der Waals surface area contributed by atoms with Gasteiger partial charge in [0.15, 0.2) is 17.5 Å². The van der Waals surface area contributed by atoms with Crippen molar-refractivity contribution in [2.45, 2.75) is 0 Å². The molecule has 5 heteroatoms. The van der Waals surface area contributed by atoms with Crippen molar-refractivity contribution >= 4 is 53.4 Å². The normalized spacial score (nSPS) is 11.6. The summed E-state index contributed by atoms with van der Waals surface area (Å²) in [5, 5.41) is 4.63. The molecule has 0 unspecified atom stereocenters. The van der Waals surface area contributed by atoms with Gasteiger partial charge in [0.2, 0.25) is 0 Å². The molecule has 0 spiro atoms. The molecule has 234 valence electrons. The first-order valence-electron chi connectivity index (χ1n) is 16.6. The van der Waals surface area contributed by atoms with Crippen LogP contribution in [0.4, 0.5) is 0 Å². The summed E-state index contributed by atoms with van der Waals surface area (Å²) < 4.78 is 8.86. The molecule has 3 heterocycles. The van der Waals surface area contributed by atoms with Crippen LogP contribution in [-0.4, -0.2) is 15.0 Å². The van der Waals surface area contributed by atoms with Crippen LogP contribution < -0.4 is 0 Å². The third-order valence-electron chi connectivity index (χ3n) is 9.35. The topological polar surface area (TPSA) is 51.8 Å². The number of aromatic nitrogens is 3. The molecule has 0 amide bonds. The SMILES string of the molecule is c1ccc(-c2ccc3oc4cc(-c5nc(-c6ccccc6)nc(-c6ccc7c(c6)sc6c(-c8ccccc8)cccc67)n5)ccc4c3c2)cc1. The number of fused-ring (bicyclic) bond motifs is 6. The van der Waals surface area contributed by atoms with Gasteiger partial charge in [0.05, 0.1) is 0 Å². The zero-order valence-corrected chi connectivity index (χ0v) is 27.6. The van der Waals surface area contributed by atoms with Gasteiger partial charge in [-0.05, 0) is 52.6 Å². The summed E-state index contributed by atoms with van der Waals surface area (Å²) in [6.07, 6.45) is 0. The predicted molar refractivity (Wildman–Crippen MR) is 207 cm³/mol. The number of thiophene rings is 1. The van der Waals surface area contributed by atoms with E-state index in [4.69, 9.17) is 19.4 Å². The second-order valence-corrected chi connectivity index (χ2v) is 13.5. The van der Waals surface area contributed by atoms with Gasteiger partial charge in [-0.25, -0.2) is 15.0 Å². The van der Waals surface area contributed by atoms with Gasteiger partial charge in [0.25, 0.3) is 0 Å². The van der Waals surface area contributed by atoms with Crippen LogP contribution in [0, 0.1) is 0 Å². The third-order valence-corrected chi connectivity index (χ3v) is 10.5. The van der Waals surface area contributed by atoms with Crippen molar-refractivity contribution in [3.05, 3.63) is 164 Å². The van der Waals surface area contributed by atoms with E-state index in [1.165, 1.54) is 36.9 Å². The summed E-state index contributed by atoms with van der Waals surface area (Å²) in [6.45, 7) is 0. The molecule has 50 heavy (non-hydrogen) atoms. The van der Waals surface area contributed by atoms with E-state index in [1.54, 1.807) is 0 Å². The Morgan fingerprint density at radius 1 is 0.360 bits per heavy atom. The Balaban J connectivity index is 1.11. The van der Waals surface area contributed by atoms with Gasteiger partial charge < -0.3 is 4.42 Å². The number of nitrogens with zero attached hydrogens (tertiary/aromatic N) is 3. The van der Waals surface area contributed by atoms with Gasteiger partial charge in [-0.1, -0.05) is 133 Å². The summed E-state index contributed by atoms with van der Waals surface area (Å²) in [5.74, 6) is 1.86. The molecule has 0 N–H and O–H groups in total. The zero-order valence-electron chi connectivity index (χ0n) is 26.7. The highest BCUT2D eigenvalue weighted by molar-refractivity contribution is 7.26. The molecular formula is C45H27N3OS. The van der Waals surface area contributed by atoms with E-state index in [9.17, 15) is 0 Å². The smallest absolute Gasteiger partial charge is 0.164 e. The monoisotopic (exact) mass is 657 g/mol. The van der Waals surface area contributed by atoms with E-state index in [-0.39, 0.29) is 0 Å². The number of rotatable bonds is 5. The van der Waals surface area contributed by atoms with Crippen molar-refractivity contribution in [1.82, 2.24) is 15.0 Å². The van der Waals surface area contributed by atoms with Crippen LogP contribution in [0.25, 0.3) is 98.5 Å². The lowest BCUT2D eigenvalue weighted by Gasteiger charge is -2.08. The van der Waals surface area contributed by atoms with Crippen LogP contribution in [0.1, 0.15) is 0 Å². The lowest BCUT2D eigenvalue weighted by molar-refractivity contribution is 0.669. The van der Waals surface area contributed by atoms with Crippen molar-refractivity contribution in [2.75, 3.05) is 0 Å². The van der Waals surface area contributed by atoms with E-state index in [0.717, 1.165) is 44.2 Å². The second kappa shape index (κ2) is 11.6. The summed E-state index contributed by atoms with van der Waals surface area (Å²) in [4.78, 5) is 15.1. The third kappa shape index (κ3) is 4.87. The molecule has 4 nitrogen and oxygen atoms in total. The Labute approximate surface area is 292 Å². The van der Waals surface area contributed by atoms with Crippen LogP contribution >= 0.6 is 11.3 Å². The Morgan fingerprint density at radius 2 is 0.960 bits per heavy atom. The zero-order chi connectivity index (χ0) is 33.0. The van der Waals surface area contributed by atoms with E-state index >= 15 is 0 Å². The highest BCUT2D eigenvalue weighted by Gasteiger charge is 2.17. The summed E-state index contributed by atoms with van der Waals surface area (Å²) >= 11 is 1.81. The number of hydrogen-bond acceptors (Lipinski definition) is 5. The first-order chi connectivity index (χ1) is 24.7. The fourth-order valence-corrected chi connectivity index (χ4v) is 8.14. The molecule has 0 atom stereocenters. The Hall–Kier alpha value is -6.43. The number of hydrogen-bond donors (Lipinski definition) is 0. The molecule has 0 aliphatic carbocycles. The first-order valence-corrected chi connectivity index (χ1v) is 17.4. The Kier molecular flexibility index (Phi) is 6.64. The van der Waals surface area contributed by atoms with E-state index in [0.29, 0.717) is 17.5 Å². The minimum Gasteiger partial charge on any atom is -0.456 e. The average Bonchev–Trinajstić information content (AvgIpc) is 3.76. The molecule has 0 radical (unpaired) electrons. The molecule has 0 aliphatic rings. The Morgan fingerprint density at radius 3 is 1.68 bits per heavy atom. The number of benzene rings is 7. The van der Waals surface area contributed by atoms with Crippen molar-refractivity contribution < 1.29 is 4.42 Å².